The minimum absolute atomic E-state index is 0.0444. The molecule has 0 bridgehead atoms. The van der Waals surface area contributed by atoms with Gasteiger partial charge in [-0.1, -0.05) is 0 Å². The van der Waals surface area contributed by atoms with Crippen LogP contribution >= 0.6 is 0 Å². The Labute approximate surface area is 134 Å². The normalized spacial score (nSPS) is 24.9. The topological polar surface area (TPSA) is 50.8 Å². The van der Waals surface area contributed by atoms with Gasteiger partial charge in [-0.05, 0) is 60.3 Å². The molecule has 22 heavy (non-hydrogen) atoms. The van der Waals surface area contributed by atoms with E-state index < -0.39 is 5.60 Å². The van der Waals surface area contributed by atoms with Gasteiger partial charge in [0, 0.05) is 31.8 Å². The van der Waals surface area contributed by atoms with E-state index in [0.29, 0.717) is 12.1 Å². The second-order valence-corrected chi connectivity index (χ2v) is 8.16. The molecule has 2 rings (SSSR count). The third-order valence-corrected chi connectivity index (χ3v) is 4.10. The summed E-state index contributed by atoms with van der Waals surface area (Å²) in [6.45, 7) is 12.4. The van der Waals surface area contributed by atoms with Crippen LogP contribution in [0.1, 0.15) is 60.3 Å². The van der Waals surface area contributed by atoms with E-state index in [1.54, 1.807) is 0 Å². The van der Waals surface area contributed by atoms with Gasteiger partial charge in [0.15, 0.2) is 0 Å². The van der Waals surface area contributed by atoms with Crippen LogP contribution < -0.4 is 5.32 Å². The van der Waals surface area contributed by atoms with Crippen LogP contribution in [0.25, 0.3) is 0 Å². The van der Waals surface area contributed by atoms with Crippen LogP contribution in [0.5, 0.6) is 0 Å². The largest absolute Gasteiger partial charge is 0.444 e. The van der Waals surface area contributed by atoms with E-state index in [1.807, 2.05) is 25.7 Å². The molecule has 0 aromatic heterocycles. The van der Waals surface area contributed by atoms with Gasteiger partial charge in [-0.25, -0.2) is 4.79 Å². The first kappa shape index (κ1) is 17.5. The van der Waals surface area contributed by atoms with E-state index in [1.165, 1.54) is 0 Å². The van der Waals surface area contributed by atoms with Crippen LogP contribution in [0.2, 0.25) is 0 Å². The Morgan fingerprint density at radius 3 is 2.55 bits per heavy atom. The molecule has 5 heteroatoms. The number of amides is 1. The molecule has 1 N–H and O–H groups in total. The molecule has 1 amide bonds. The van der Waals surface area contributed by atoms with Crippen molar-refractivity contribution in [2.45, 2.75) is 83.6 Å². The first-order chi connectivity index (χ1) is 10.2. The summed E-state index contributed by atoms with van der Waals surface area (Å²) in [4.78, 5) is 14.2. The highest BCUT2D eigenvalue weighted by atomic mass is 16.6. The molecular weight excluding hydrogens is 280 g/mol. The predicted octanol–water partition coefficient (Wildman–Crippen LogP) is 2.93. The molecule has 1 heterocycles. The molecular formula is C17H32N2O3. The number of nitrogens with one attached hydrogen (secondary N) is 1. The average Bonchev–Trinajstić information content (AvgIpc) is 3.15. The van der Waals surface area contributed by atoms with Crippen LogP contribution in [0.3, 0.4) is 0 Å². The van der Waals surface area contributed by atoms with Crippen molar-refractivity contribution in [3.8, 4) is 0 Å². The predicted molar refractivity (Wildman–Crippen MR) is 87.0 cm³/mol. The quantitative estimate of drug-likeness (QED) is 0.848. The van der Waals surface area contributed by atoms with E-state index in [4.69, 9.17) is 9.47 Å². The number of hydrogen-bond acceptors (Lipinski definition) is 4. The second kappa shape index (κ2) is 6.75. The lowest BCUT2D eigenvalue weighted by Crippen LogP contribution is -2.47. The molecule has 1 saturated carbocycles. The maximum absolute atomic E-state index is 12.3. The fourth-order valence-corrected chi connectivity index (χ4v) is 2.92. The fourth-order valence-electron chi connectivity index (χ4n) is 2.92. The minimum atomic E-state index is -0.428. The fraction of sp³-hybridized carbons (Fsp3) is 0.941. The van der Waals surface area contributed by atoms with E-state index in [-0.39, 0.29) is 11.7 Å². The molecule has 5 nitrogen and oxygen atoms in total. The molecule has 1 aliphatic heterocycles. The molecule has 128 valence electrons. The van der Waals surface area contributed by atoms with Crippen molar-refractivity contribution in [3.63, 3.8) is 0 Å². The summed E-state index contributed by atoms with van der Waals surface area (Å²) in [5.74, 6) is 0. The number of carbonyl (C=O) groups is 1. The first-order valence-electron chi connectivity index (χ1n) is 8.53. The standard InChI is InChI=1S/C17H32N2O3/c1-16(2,3)22-15(20)19(14-6-7-14)10-9-18-13-8-11-21-17(4,5)12-13/h13-14,18H,6-12H2,1-5H3. The summed E-state index contributed by atoms with van der Waals surface area (Å²) in [6.07, 6.45) is 4.08. The molecule has 2 fully saturated rings. The highest BCUT2D eigenvalue weighted by molar-refractivity contribution is 5.69. The van der Waals surface area contributed by atoms with Crippen molar-refractivity contribution in [2.75, 3.05) is 19.7 Å². The van der Waals surface area contributed by atoms with Gasteiger partial charge in [0.1, 0.15) is 5.60 Å². The van der Waals surface area contributed by atoms with Crippen molar-refractivity contribution >= 4 is 6.09 Å². The lowest BCUT2D eigenvalue weighted by molar-refractivity contribution is -0.0630. The van der Waals surface area contributed by atoms with Crippen LogP contribution in [-0.4, -0.2) is 54.0 Å². The van der Waals surface area contributed by atoms with E-state index in [2.05, 4.69) is 19.2 Å². The zero-order chi connectivity index (χ0) is 16.4. The van der Waals surface area contributed by atoms with Crippen LogP contribution in [-0.2, 0) is 9.47 Å². The molecule has 1 aliphatic carbocycles. The average molecular weight is 312 g/mol. The Hall–Kier alpha value is -0.810. The molecule has 0 aromatic carbocycles. The number of hydrogen-bond donors (Lipinski definition) is 1. The lowest BCUT2D eigenvalue weighted by Gasteiger charge is -2.36. The Balaban J connectivity index is 1.76. The second-order valence-electron chi connectivity index (χ2n) is 8.16. The van der Waals surface area contributed by atoms with Crippen molar-refractivity contribution in [1.29, 1.82) is 0 Å². The molecule has 0 aromatic rings. The van der Waals surface area contributed by atoms with Gasteiger partial charge in [0.25, 0.3) is 0 Å². The summed E-state index contributed by atoms with van der Waals surface area (Å²) < 4.78 is 11.3. The summed E-state index contributed by atoms with van der Waals surface area (Å²) in [7, 11) is 0. The summed E-state index contributed by atoms with van der Waals surface area (Å²) in [6, 6.07) is 0.853. The summed E-state index contributed by atoms with van der Waals surface area (Å²) in [5, 5.41) is 3.58. The lowest BCUT2D eigenvalue weighted by atomic mass is 9.94. The highest BCUT2D eigenvalue weighted by Crippen LogP contribution is 2.28. The Morgan fingerprint density at radius 1 is 1.32 bits per heavy atom. The van der Waals surface area contributed by atoms with Gasteiger partial charge in [0.05, 0.1) is 5.60 Å². The summed E-state index contributed by atoms with van der Waals surface area (Å²) in [5.41, 5.74) is -0.473. The number of rotatable bonds is 5. The molecule has 0 radical (unpaired) electrons. The Bertz CT molecular complexity index is 386. The van der Waals surface area contributed by atoms with Gasteiger partial charge in [0.2, 0.25) is 0 Å². The molecule has 0 spiro atoms. The maximum atomic E-state index is 12.3. The summed E-state index contributed by atoms with van der Waals surface area (Å²) >= 11 is 0. The smallest absolute Gasteiger partial charge is 0.410 e. The van der Waals surface area contributed by atoms with Crippen molar-refractivity contribution < 1.29 is 14.3 Å². The Morgan fingerprint density at radius 2 is 2.00 bits per heavy atom. The Kier molecular flexibility index (Phi) is 5.38. The molecule has 2 aliphatic rings. The minimum Gasteiger partial charge on any atom is -0.444 e. The van der Waals surface area contributed by atoms with E-state index in [0.717, 1.165) is 45.4 Å². The van der Waals surface area contributed by atoms with Gasteiger partial charge < -0.3 is 19.7 Å². The molecule has 1 saturated heterocycles. The van der Waals surface area contributed by atoms with E-state index >= 15 is 0 Å². The third kappa shape index (κ3) is 5.76. The SMILES string of the molecule is CC(C)(C)OC(=O)N(CCNC1CCOC(C)(C)C1)C1CC1. The van der Waals surface area contributed by atoms with Crippen molar-refractivity contribution in [1.82, 2.24) is 10.2 Å². The number of carbonyl (C=O) groups excluding carboxylic acids is 1. The molecule has 1 unspecified atom stereocenters. The number of nitrogens with zero attached hydrogens (tertiary/aromatic N) is 1. The zero-order valence-corrected chi connectivity index (χ0v) is 14.8. The number of ether oxygens (including phenoxy) is 2. The van der Waals surface area contributed by atoms with Crippen LogP contribution in [0.4, 0.5) is 4.79 Å². The van der Waals surface area contributed by atoms with Gasteiger partial charge in [-0.3, -0.25) is 0 Å². The van der Waals surface area contributed by atoms with Gasteiger partial charge in [-0.2, -0.15) is 0 Å². The molecule has 1 atom stereocenters. The maximum Gasteiger partial charge on any atom is 0.410 e. The van der Waals surface area contributed by atoms with Crippen LogP contribution in [0.15, 0.2) is 0 Å². The first-order valence-corrected chi connectivity index (χ1v) is 8.53. The monoisotopic (exact) mass is 312 g/mol. The van der Waals surface area contributed by atoms with Crippen molar-refractivity contribution in [2.24, 2.45) is 0 Å². The van der Waals surface area contributed by atoms with Crippen LogP contribution in [0, 0.1) is 0 Å². The van der Waals surface area contributed by atoms with Gasteiger partial charge >= 0.3 is 6.09 Å². The van der Waals surface area contributed by atoms with Crippen molar-refractivity contribution in [3.05, 3.63) is 0 Å². The zero-order valence-electron chi connectivity index (χ0n) is 14.8. The highest BCUT2D eigenvalue weighted by Gasteiger charge is 2.35. The van der Waals surface area contributed by atoms with E-state index in [9.17, 15) is 4.79 Å². The van der Waals surface area contributed by atoms with Gasteiger partial charge in [-0.15, -0.1) is 0 Å². The third-order valence-electron chi connectivity index (χ3n) is 4.10.